The van der Waals surface area contributed by atoms with E-state index < -0.39 is 0 Å². The third kappa shape index (κ3) is 1.28. The minimum Gasteiger partial charge on any atom is -0.337 e. The van der Waals surface area contributed by atoms with Crippen LogP contribution in [0, 0.1) is 6.92 Å². The summed E-state index contributed by atoms with van der Waals surface area (Å²) < 4.78 is 7.09. The lowest BCUT2D eigenvalue weighted by Crippen LogP contribution is -2.22. The Morgan fingerprint density at radius 3 is 3.19 bits per heavy atom. The standard InChI is InChI=1S/C11H11N3O2/c1-7-12-11(16-13-7)9-4-5-10(15)8-3-2-6-14(8)9/h2-3,6,9H,4-5H2,1H3. The molecule has 3 rings (SSSR count). The largest absolute Gasteiger partial charge is 0.337 e. The van der Waals surface area contributed by atoms with Crippen molar-refractivity contribution < 1.29 is 9.32 Å². The van der Waals surface area contributed by atoms with Crippen molar-refractivity contribution in [3.8, 4) is 0 Å². The lowest BCUT2D eigenvalue weighted by molar-refractivity contribution is 0.0943. The van der Waals surface area contributed by atoms with Crippen LogP contribution >= 0.6 is 0 Å². The molecular formula is C11H11N3O2. The molecule has 1 unspecified atom stereocenters. The van der Waals surface area contributed by atoms with E-state index in [9.17, 15) is 4.79 Å². The molecule has 0 fully saturated rings. The number of aromatic nitrogens is 3. The summed E-state index contributed by atoms with van der Waals surface area (Å²) >= 11 is 0. The Hall–Kier alpha value is -1.91. The molecule has 1 atom stereocenters. The van der Waals surface area contributed by atoms with Crippen LogP contribution in [0.1, 0.15) is 41.1 Å². The lowest BCUT2D eigenvalue weighted by atomic mass is 10.0. The summed E-state index contributed by atoms with van der Waals surface area (Å²) in [5.74, 6) is 1.39. The third-order valence-corrected chi connectivity index (χ3v) is 2.87. The Bertz CT molecular complexity index is 541. The molecule has 5 nitrogen and oxygen atoms in total. The molecule has 3 heterocycles. The zero-order valence-corrected chi connectivity index (χ0v) is 8.88. The fourth-order valence-corrected chi connectivity index (χ4v) is 2.13. The fraction of sp³-hybridized carbons (Fsp3) is 0.364. The molecule has 5 heteroatoms. The molecule has 1 aliphatic heterocycles. The van der Waals surface area contributed by atoms with Crippen molar-refractivity contribution in [2.45, 2.75) is 25.8 Å². The third-order valence-electron chi connectivity index (χ3n) is 2.87. The number of nitrogens with zero attached hydrogens (tertiary/aromatic N) is 3. The number of ketones is 1. The highest BCUT2D eigenvalue weighted by molar-refractivity contribution is 5.95. The molecule has 82 valence electrons. The number of fused-ring (bicyclic) bond motifs is 1. The Morgan fingerprint density at radius 2 is 2.44 bits per heavy atom. The highest BCUT2D eigenvalue weighted by Gasteiger charge is 2.29. The van der Waals surface area contributed by atoms with E-state index in [0.717, 1.165) is 12.1 Å². The molecule has 1 aliphatic rings. The monoisotopic (exact) mass is 217 g/mol. The van der Waals surface area contributed by atoms with E-state index >= 15 is 0 Å². The molecule has 0 saturated carbocycles. The molecule has 0 radical (unpaired) electrons. The predicted molar refractivity (Wildman–Crippen MR) is 55.2 cm³/mol. The summed E-state index contributed by atoms with van der Waals surface area (Å²) in [6.07, 6.45) is 3.15. The van der Waals surface area contributed by atoms with E-state index in [1.54, 1.807) is 6.92 Å². The minimum atomic E-state index is 0.00361. The maximum Gasteiger partial charge on any atom is 0.249 e. The number of rotatable bonds is 1. The lowest BCUT2D eigenvalue weighted by Gasteiger charge is -2.22. The predicted octanol–water partition coefficient (Wildman–Crippen LogP) is 1.75. The molecule has 0 amide bonds. The molecule has 0 spiro atoms. The van der Waals surface area contributed by atoms with Gasteiger partial charge in [0.1, 0.15) is 6.04 Å². The second kappa shape index (κ2) is 3.30. The molecule has 0 bridgehead atoms. The van der Waals surface area contributed by atoms with Gasteiger partial charge in [-0.25, -0.2) is 0 Å². The molecule has 0 aliphatic carbocycles. The Balaban J connectivity index is 2.06. The molecule has 2 aromatic rings. The highest BCUT2D eigenvalue weighted by atomic mass is 16.5. The van der Waals surface area contributed by atoms with E-state index in [4.69, 9.17) is 4.52 Å². The van der Waals surface area contributed by atoms with Gasteiger partial charge in [-0.3, -0.25) is 4.79 Å². The zero-order valence-electron chi connectivity index (χ0n) is 8.88. The van der Waals surface area contributed by atoms with Gasteiger partial charge in [-0.2, -0.15) is 4.98 Å². The van der Waals surface area contributed by atoms with Crippen LogP contribution in [-0.4, -0.2) is 20.5 Å². The second-order valence-corrected chi connectivity index (χ2v) is 3.96. The van der Waals surface area contributed by atoms with Crippen molar-refractivity contribution in [1.82, 2.24) is 14.7 Å². The van der Waals surface area contributed by atoms with Crippen LogP contribution in [0.5, 0.6) is 0 Å². The van der Waals surface area contributed by atoms with E-state index in [1.165, 1.54) is 0 Å². The maximum atomic E-state index is 11.6. The molecule has 0 N–H and O–H groups in total. The fourth-order valence-electron chi connectivity index (χ4n) is 2.13. The number of carbonyl (C=O) groups is 1. The van der Waals surface area contributed by atoms with Gasteiger partial charge in [0, 0.05) is 12.6 Å². The van der Waals surface area contributed by atoms with Gasteiger partial charge in [0.15, 0.2) is 11.6 Å². The van der Waals surface area contributed by atoms with Crippen LogP contribution in [-0.2, 0) is 0 Å². The Labute approximate surface area is 92.1 Å². The maximum absolute atomic E-state index is 11.6. The molecule has 0 aromatic carbocycles. The smallest absolute Gasteiger partial charge is 0.249 e. The van der Waals surface area contributed by atoms with Crippen molar-refractivity contribution in [3.05, 3.63) is 35.7 Å². The number of aryl methyl sites for hydroxylation is 1. The Kier molecular flexibility index (Phi) is 1.92. The number of carbonyl (C=O) groups excluding carboxylic acids is 1. The SMILES string of the molecule is Cc1noc(C2CCC(=O)c3cccn32)n1. The van der Waals surface area contributed by atoms with Gasteiger partial charge in [-0.1, -0.05) is 5.16 Å². The van der Waals surface area contributed by atoms with Gasteiger partial charge >= 0.3 is 0 Å². The summed E-state index contributed by atoms with van der Waals surface area (Å²) in [6.45, 7) is 1.79. The van der Waals surface area contributed by atoms with Crippen LogP contribution in [0.15, 0.2) is 22.9 Å². The highest BCUT2D eigenvalue weighted by Crippen LogP contribution is 2.29. The van der Waals surface area contributed by atoms with Crippen molar-refractivity contribution in [2.75, 3.05) is 0 Å². The number of Topliss-reactive ketones (excluding diaryl/α,β-unsaturated/α-hetero) is 1. The van der Waals surface area contributed by atoms with E-state index in [1.807, 2.05) is 22.9 Å². The van der Waals surface area contributed by atoms with Crippen molar-refractivity contribution in [1.29, 1.82) is 0 Å². The van der Waals surface area contributed by atoms with Crippen LogP contribution in [0.3, 0.4) is 0 Å². The van der Waals surface area contributed by atoms with Gasteiger partial charge in [0.2, 0.25) is 5.89 Å². The first-order valence-electron chi connectivity index (χ1n) is 5.26. The van der Waals surface area contributed by atoms with Crippen molar-refractivity contribution in [2.24, 2.45) is 0 Å². The second-order valence-electron chi connectivity index (χ2n) is 3.96. The average molecular weight is 217 g/mol. The van der Waals surface area contributed by atoms with E-state index in [-0.39, 0.29) is 11.8 Å². The minimum absolute atomic E-state index is 0.00361. The summed E-state index contributed by atoms with van der Waals surface area (Å²) in [5.41, 5.74) is 0.729. The molecular weight excluding hydrogens is 206 g/mol. The van der Waals surface area contributed by atoms with Crippen LogP contribution in [0.25, 0.3) is 0 Å². The molecule has 2 aromatic heterocycles. The Morgan fingerprint density at radius 1 is 1.56 bits per heavy atom. The first-order valence-corrected chi connectivity index (χ1v) is 5.26. The van der Waals surface area contributed by atoms with E-state index in [0.29, 0.717) is 18.1 Å². The topological polar surface area (TPSA) is 60.9 Å². The van der Waals surface area contributed by atoms with Gasteiger partial charge in [-0.05, 0) is 25.5 Å². The normalized spacial score (nSPS) is 19.8. The number of hydrogen-bond donors (Lipinski definition) is 0. The van der Waals surface area contributed by atoms with Crippen LogP contribution in [0.4, 0.5) is 0 Å². The van der Waals surface area contributed by atoms with Gasteiger partial charge < -0.3 is 9.09 Å². The molecule has 16 heavy (non-hydrogen) atoms. The summed E-state index contributed by atoms with van der Waals surface area (Å²) in [5, 5.41) is 3.78. The first-order chi connectivity index (χ1) is 7.75. The summed E-state index contributed by atoms with van der Waals surface area (Å²) in [4.78, 5) is 15.9. The van der Waals surface area contributed by atoms with Crippen molar-refractivity contribution in [3.63, 3.8) is 0 Å². The van der Waals surface area contributed by atoms with E-state index in [2.05, 4.69) is 10.1 Å². The van der Waals surface area contributed by atoms with Gasteiger partial charge in [-0.15, -0.1) is 0 Å². The first kappa shape index (κ1) is 9.33. The number of hydrogen-bond acceptors (Lipinski definition) is 4. The summed E-state index contributed by atoms with van der Waals surface area (Å²) in [6, 6.07) is 3.70. The quantitative estimate of drug-likeness (QED) is 0.730. The average Bonchev–Trinajstić information content (AvgIpc) is 2.87. The summed E-state index contributed by atoms with van der Waals surface area (Å²) in [7, 11) is 0. The van der Waals surface area contributed by atoms with Crippen molar-refractivity contribution >= 4 is 5.78 Å². The molecule has 0 saturated heterocycles. The van der Waals surface area contributed by atoms with Gasteiger partial charge in [0.05, 0.1) is 5.69 Å². The van der Waals surface area contributed by atoms with Crippen LogP contribution < -0.4 is 0 Å². The zero-order chi connectivity index (χ0) is 11.1. The van der Waals surface area contributed by atoms with Crippen LogP contribution in [0.2, 0.25) is 0 Å². The van der Waals surface area contributed by atoms with Gasteiger partial charge in [0.25, 0.3) is 0 Å².